The van der Waals surface area contributed by atoms with Crippen LogP contribution < -0.4 is 5.62 Å². The highest BCUT2D eigenvalue weighted by atomic mass is 14.9. The van der Waals surface area contributed by atoms with Gasteiger partial charge in [0, 0.05) is 12.4 Å². The van der Waals surface area contributed by atoms with Gasteiger partial charge in [-0.2, -0.15) is 0 Å². The molecule has 14 heavy (non-hydrogen) atoms. The first kappa shape index (κ1) is 7.50. The number of hydrogen-bond acceptors (Lipinski definition) is 2. The van der Waals surface area contributed by atoms with Gasteiger partial charge in [-0.15, -0.1) is 0 Å². The molecule has 2 aromatic rings. The zero-order valence-corrected chi connectivity index (χ0v) is 7.64. The quantitative estimate of drug-likeness (QED) is 0.760. The number of nitrogens with zero attached hydrogens (tertiary/aromatic N) is 2. The summed E-state index contributed by atoms with van der Waals surface area (Å²) in [5.74, 6) is 0. The van der Waals surface area contributed by atoms with E-state index in [1.807, 2.05) is 30.3 Å². The summed E-state index contributed by atoms with van der Waals surface area (Å²) in [7, 11) is 0. The van der Waals surface area contributed by atoms with Crippen LogP contribution in [0, 0.1) is 0 Å². The molecule has 0 bridgehead atoms. The molecule has 0 aliphatic heterocycles. The molecule has 1 N–H and O–H groups in total. The van der Waals surface area contributed by atoms with Gasteiger partial charge in [-0.05, 0) is 11.6 Å². The smallest absolute Gasteiger partial charge is 0.222 e. The highest BCUT2D eigenvalue weighted by molar-refractivity contribution is 5.14. The van der Waals surface area contributed by atoms with Crippen molar-refractivity contribution in [3.05, 3.63) is 59.9 Å². The highest BCUT2D eigenvalue weighted by Gasteiger charge is 1.86. The zero-order chi connectivity index (χ0) is 10.5. The molecule has 3 heteroatoms. The van der Waals surface area contributed by atoms with E-state index >= 15 is 0 Å². The molecular formula is C11H11N3. The first-order valence-electron chi connectivity index (χ1n) is 4.91. The number of aromatic amines is 1. The maximum absolute atomic E-state index is 7.33. The first-order chi connectivity index (χ1) is 7.34. The summed E-state index contributed by atoms with van der Waals surface area (Å²) >= 11 is 0. The first-order valence-corrected chi connectivity index (χ1v) is 4.41. The van der Waals surface area contributed by atoms with Crippen LogP contribution in [0.25, 0.3) is 0 Å². The lowest BCUT2D eigenvalue weighted by molar-refractivity contribution is 0.902. The van der Waals surface area contributed by atoms with E-state index in [1.165, 1.54) is 0 Å². The minimum atomic E-state index is 0.223. The fraction of sp³-hybridized carbons (Fsp3) is 0.0909. The summed E-state index contributed by atoms with van der Waals surface area (Å²) in [6.45, 7) is 0.577. The largest absolute Gasteiger partial charge is 0.331 e. The second kappa shape index (κ2) is 4.37. The fourth-order valence-electron chi connectivity index (χ4n) is 1.11. The number of hydrogen-bond donors (Lipinski definition) is 1. The molecule has 2 rings (SSSR count). The normalized spacial score (nSPS) is 12.6. The van der Waals surface area contributed by atoms with Crippen molar-refractivity contribution in [2.45, 2.75) is 6.54 Å². The van der Waals surface area contributed by atoms with Crippen LogP contribution in [0.5, 0.6) is 0 Å². The molecule has 0 aliphatic rings. The van der Waals surface area contributed by atoms with Crippen molar-refractivity contribution in [3.63, 3.8) is 0 Å². The highest BCUT2D eigenvalue weighted by Crippen LogP contribution is 1.98. The lowest BCUT2D eigenvalue weighted by Crippen LogP contribution is -2.10. The molecule has 0 saturated carbocycles. The number of H-pyrrole nitrogens is 1. The molecule has 70 valence electrons. The van der Waals surface area contributed by atoms with Gasteiger partial charge in [-0.1, -0.05) is 30.3 Å². The van der Waals surface area contributed by atoms with Crippen LogP contribution >= 0.6 is 0 Å². The predicted molar refractivity (Wildman–Crippen MR) is 54.3 cm³/mol. The van der Waals surface area contributed by atoms with E-state index in [9.17, 15) is 0 Å². The van der Waals surface area contributed by atoms with Gasteiger partial charge >= 0.3 is 0 Å². The molecule has 0 unspecified atom stereocenters. The number of nitrogens with one attached hydrogen (secondary N) is 1. The van der Waals surface area contributed by atoms with E-state index in [2.05, 4.69) is 15.0 Å². The average Bonchev–Trinajstić information content (AvgIpc) is 2.28. The van der Waals surface area contributed by atoms with Crippen molar-refractivity contribution < 1.29 is 1.37 Å². The van der Waals surface area contributed by atoms with E-state index < -0.39 is 0 Å². The van der Waals surface area contributed by atoms with Crippen LogP contribution in [0.3, 0.4) is 0 Å². The summed E-state index contributed by atoms with van der Waals surface area (Å²) in [6, 6.07) is 11.5. The zero-order valence-electron chi connectivity index (χ0n) is 8.64. The maximum Gasteiger partial charge on any atom is 0.222 e. The molecule has 0 radical (unpaired) electrons. The molecule has 0 spiro atoms. The Morgan fingerprint density at radius 2 is 2.14 bits per heavy atom. The minimum absolute atomic E-state index is 0.223. The van der Waals surface area contributed by atoms with E-state index in [-0.39, 0.29) is 6.17 Å². The lowest BCUT2D eigenvalue weighted by atomic mass is 10.2. The van der Waals surface area contributed by atoms with Crippen LogP contribution in [0.2, 0.25) is 0 Å². The molecule has 0 fully saturated rings. The maximum atomic E-state index is 7.33. The van der Waals surface area contributed by atoms with Gasteiger partial charge in [0.2, 0.25) is 5.62 Å². The Labute approximate surface area is 83.6 Å². The molecule has 0 atom stereocenters. The number of benzene rings is 1. The van der Waals surface area contributed by atoms with Crippen molar-refractivity contribution in [2.24, 2.45) is 4.99 Å². The van der Waals surface area contributed by atoms with Crippen molar-refractivity contribution >= 4 is 0 Å². The SMILES string of the molecule is [3H]c1cc[nH]c(=NCc2ccccc2)n1. The third kappa shape index (κ3) is 2.29. The second-order valence-corrected chi connectivity index (χ2v) is 2.84. The number of rotatable bonds is 2. The topological polar surface area (TPSA) is 41.0 Å². The van der Waals surface area contributed by atoms with E-state index in [0.29, 0.717) is 12.2 Å². The average molecular weight is 187 g/mol. The Balaban J connectivity index is 2.19. The molecule has 0 saturated heterocycles. The Morgan fingerprint density at radius 3 is 2.93 bits per heavy atom. The van der Waals surface area contributed by atoms with Crippen molar-refractivity contribution in [2.75, 3.05) is 0 Å². The Kier molecular flexibility index (Phi) is 2.34. The van der Waals surface area contributed by atoms with E-state index in [0.717, 1.165) is 5.56 Å². The Hall–Kier alpha value is -1.90. The van der Waals surface area contributed by atoms with Gasteiger partial charge in [0.15, 0.2) is 0 Å². The van der Waals surface area contributed by atoms with E-state index in [1.54, 1.807) is 12.3 Å². The number of aromatic nitrogens is 2. The summed E-state index contributed by atoms with van der Waals surface area (Å²) in [4.78, 5) is 11.1. The van der Waals surface area contributed by atoms with Gasteiger partial charge in [-0.25, -0.2) is 9.98 Å². The van der Waals surface area contributed by atoms with Gasteiger partial charge in [-0.3, -0.25) is 0 Å². The van der Waals surface area contributed by atoms with Gasteiger partial charge in [0.05, 0.1) is 7.92 Å². The van der Waals surface area contributed by atoms with Crippen LogP contribution in [0.4, 0.5) is 0 Å². The molecule has 0 aliphatic carbocycles. The molecule has 0 amide bonds. The monoisotopic (exact) mass is 187 g/mol. The summed E-state index contributed by atoms with van der Waals surface area (Å²) in [5, 5.41) is 0. The van der Waals surface area contributed by atoms with Gasteiger partial charge in [0.25, 0.3) is 0 Å². The van der Waals surface area contributed by atoms with Crippen LogP contribution in [0.15, 0.2) is 53.8 Å². The van der Waals surface area contributed by atoms with Crippen LogP contribution in [0.1, 0.15) is 6.93 Å². The Morgan fingerprint density at radius 1 is 1.29 bits per heavy atom. The molecule has 1 heterocycles. The van der Waals surface area contributed by atoms with Gasteiger partial charge < -0.3 is 4.98 Å². The van der Waals surface area contributed by atoms with Gasteiger partial charge in [0.1, 0.15) is 0 Å². The molecule has 1 aromatic heterocycles. The van der Waals surface area contributed by atoms with E-state index in [4.69, 9.17) is 1.37 Å². The summed E-state index contributed by atoms with van der Waals surface area (Å²) in [5.41, 5.74) is 1.62. The predicted octanol–water partition coefficient (Wildman–Crippen LogP) is 1.51. The molecular weight excluding hydrogens is 174 g/mol. The van der Waals surface area contributed by atoms with Crippen LogP contribution in [-0.2, 0) is 6.54 Å². The van der Waals surface area contributed by atoms with Crippen molar-refractivity contribution in [3.8, 4) is 0 Å². The van der Waals surface area contributed by atoms with Crippen molar-refractivity contribution in [1.82, 2.24) is 9.97 Å². The minimum Gasteiger partial charge on any atom is -0.331 e. The fourth-order valence-corrected chi connectivity index (χ4v) is 1.11. The second-order valence-electron chi connectivity index (χ2n) is 2.84. The third-order valence-corrected chi connectivity index (χ3v) is 1.79. The summed E-state index contributed by atoms with van der Waals surface area (Å²) in [6.07, 6.45) is 1.89. The van der Waals surface area contributed by atoms with Crippen molar-refractivity contribution in [1.29, 1.82) is 0 Å². The third-order valence-electron chi connectivity index (χ3n) is 1.79. The summed E-state index contributed by atoms with van der Waals surface area (Å²) < 4.78 is 7.33. The lowest BCUT2D eigenvalue weighted by Gasteiger charge is -1.93. The Bertz CT molecular complexity index is 490. The molecule has 1 aromatic carbocycles. The standard InChI is InChI=1S/C11H11N3/c1-2-5-10(6-3-1)9-14-11-12-7-4-8-13-11/h1-8H,9H2,(H,12,13,14)/i7T. The molecule has 3 nitrogen and oxygen atoms in total. The van der Waals surface area contributed by atoms with Crippen LogP contribution in [-0.4, -0.2) is 9.97 Å².